The van der Waals surface area contributed by atoms with E-state index >= 15 is 0 Å². The first kappa shape index (κ1) is 16.0. The average molecular weight is 323 g/mol. The first-order chi connectivity index (χ1) is 11.7. The molecule has 3 aromatic rings. The van der Waals surface area contributed by atoms with E-state index in [0.29, 0.717) is 12.1 Å². The van der Waals surface area contributed by atoms with Crippen LogP contribution < -0.4 is 5.32 Å². The van der Waals surface area contributed by atoms with Gasteiger partial charge < -0.3 is 5.32 Å². The highest BCUT2D eigenvalue weighted by molar-refractivity contribution is 5.94. The minimum Gasteiger partial charge on any atom is -0.344 e. The van der Waals surface area contributed by atoms with Crippen molar-refractivity contribution in [3.8, 4) is 0 Å². The van der Waals surface area contributed by atoms with Gasteiger partial charge in [0.15, 0.2) is 0 Å². The molecule has 0 radical (unpaired) electrons. The summed E-state index contributed by atoms with van der Waals surface area (Å²) >= 11 is 0. The van der Waals surface area contributed by atoms with Crippen LogP contribution in [0.1, 0.15) is 41.5 Å². The van der Waals surface area contributed by atoms with Crippen molar-refractivity contribution in [1.82, 2.24) is 24.9 Å². The second-order valence-corrected chi connectivity index (χ2v) is 5.67. The summed E-state index contributed by atoms with van der Waals surface area (Å²) in [6.45, 7) is 5.42. The summed E-state index contributed by atoms with van der Waals surface area (Å²) in [4.78, 5) is 12.5. The molecule has 124 valence electrons. The van der Waals surface area contributed by atoms with E-state index < -0.39 is 0 Å². The average Bonchev–Trinajstić information content (AvgIpc) is 3.26. The van der Waals surface area contributed by atoms with Crippen molar-refractivity contribution >= 4 is 5.91 Å². The lowest BCUT2D eigenvalue weighted by molar-refractivity contribution is 0.0938. The number of aromatic nitrogens is 4. The molecule has 1 atom stereocenters. The predicted octanol–water partition coefficient (Wildman–Crippen LogP) is 2.64. The lowest BCUT2D eigenvalue weighted by atomic mass is 10.1. The van der Waals surface area contributed by atoms with E-state index in [2.05, 4.69) is 15.5 Å². The van der Waals surface area contributed by atoms with Gasteiger partial charge in [0.1, 0.15) is 0 Å². The smallest absolute Gasteiger partial charge is 0.251 e. The molecule has 0 aliphatic heterocycles. The van der Waals surface area contributed by atoms with Crippen molar-refractivity contribution in [2.45, 2.75) is 33.0 Å². The Morgan fingerprint density at radius 1 is 1.21 bits per heavy atom. The van der Waals surface area contributed by atoms with Crippen LogP contribution in [-0.4, -0.2) is 25.5 Å². The molecule has 2 aromatic heterocycles. The van der Waals surface area contributed by atoms with Gasteiger partial charge in [0.25, 0.3) is 5.91 Å². The van der Waals surface area contributed by atoms with Crippen molar-refractivity contribution in [2.24, 2.45) is 0 Å². The van der Waals surface area contributed by atoms with Crippen LogP contribution in [0.4, 0.5) is 0 Å². The van der Waals surface area contributed by atoms with E-state index in [9.17, 15) is 4.79 Å². The lowest BCUT2D eigenvalue weighted by Gasteiger charge is -2.15. The summed E-state index contributed by atoms with van der Waals surface area (Å²) < 4.78 is 3.72. The third kappa shape index (κ3) is 3.53. The molecular weight excluding hydrogens is 302 g/mol. The monoisotopic (exact) mass is 323 g/mol. The number of carbonyl (C=O) groups excluding carboxylic acids is 1. The number of hydrogen-bond acceptors (Lipinski definition) is 3. The fourth-order valence-corrected chi connectivity index (χ4v) is 2.72. The molecule has 3 rings (SSSR count). The van der Waals surface area contributed by atoms with E-state index in [1.165, 1.54) is 0 Å². The molecule has 2 heterocycles. The molecule has 1 unspecified atom stereocenters. The molecular formula is C18H21N5O. The first-order valence-corrected chi connectivity index (χ1v) is 8.06. The Morgan fingerprint density at radius 2 is 2.08 bits per heavy atom. The lowest BCUT2D eigenvalue weighted by Crippen LogP contribution is -2.28. The van der Waals surface area contributed by atoms with Crippen LogP contribution in [-0.2, 0) is 13.1 Å². The Morgan fingerprint density at radius 3 is 2.83 bits per heavy atom. The third-order valence-electron chi connectivity index (χ3n) is 3.93. The van der Waals surface area contributed by atoms with Crippen LogP contribution in [0.3, 0.4) is 0 Å². The van der Waals surface area contributed by atoms with Gasteiger partial charge in [-0.25, -0.2) is 0 Å². The van der Waals surface area contributed by atoms with Crippen LogP contribution in [0.5, 0.6) is 0 Å². The zero-order valence-corrected chi connectivity index (χ0v) is 13.9. The summed E-state index contributed by atoms with van der Waals surface area (Å²) in [5, 5.41) is 11.5. The number of nitrogens with zero attached hydrogens (tertiary/aromatic N) is 4. The second kappa shape index (κ2) is 7.12. The largest absolute Gasteiger partial charge is 0.344 e. The maximum absolute atomic E-state index is 12.5. The second-order valence-electron chi connectivity index (χ2n) is 5.67. The fourth-order valence-electron chi connectivity index (χ4n) is 2.72. The molecule has 0 aliphatic rings. The van der Waals surface area contributed by atoms with Gasteiger partial charge in [-0.3, -0.25) is 14.2 Å². The topological polar surface area (TPSA) is 64.7 Å². The number of hydrogen-bond donors (Lipinski definition) is 1. The van der Waals surface area contributed by atoms with E-state index in [-0.39, 0.29) is 11.9 Å². The zero-order valence-electron chi connectivity index (χ0n) is 13.9. The van der Waals surface area contributed by atoms with Crippen LogP contribution in [0.25, 0.3) is 0 Å². The van der Waals surface area contributed by atoms with Crippen LogP contribution in [0, 0.1) is 0 Å². The van der Waals surface area contributed by atoms with Gasteiger partial charge in [0.05, 0.1) is 18.3 Å². The number of carbonyl (C=O) groups is 1. The summed E-state index contributed by atoms with van der Waals surface area (Å²) in [6.07, 6.45) is 5.40. The molecule has 0 bridgehead atoms. The molecule has 24 heavy (non-hydrogen) atoms. The number of rotatable bonds is 6. The minimum atomic E-state index is -0.102. The standard InChI is InChI=1S/C18H21N5O/c1-3-23-17(8-10-20-23)14(2)21-18(24)16-7-4-6-15(12-16)13-22-11-5-9-19-22/h4-12,14H,3,13H2,1-2H3,(H,21,24). The highest BCUT2D eigenvalue weighted by Crippen LogP contribution is 2.14. The normalized spacial score (nSPS) is 12.1. The third-order valence-corrected chi connectivity index (χ3v) is 3.93. The van der Waals surface area contributed by atoms with Gasteiger partial charge in [-0.15, -0.1) is 0 Å². The Labute approximate surface area is 141 Å². The number of aryl methyl sites for hydroxylation is 1. The fraction of sp³-hybridized carbons (Fsp3) is 0.278. The molecule has 0 saturated carbocycles. The highest BCUT2D eigenvalue weighted by Gasteiger charge is 2.15. The molecule has 6 heteroatoms. The Kier molecular flexibility index (Phi) is 4.74. The van der Waals surface area contributed by atoms with E-state index in [0.717, 1.165) is 17.8 Å². The van der Waals surface area contributed by atoms with E-state index in [4.69, 9.17) is 0 Å². The summed E-state index contributed by atoms with van der Waals surface area (Å²) in [7, 11) is 0. The van der Waals surface area contributed by atoms with Crippen LogP contribution in [0.2, 0.25) is 0 Å². The highest BCUT2D eigenvalue weighted by atomic mass is 16.1. The van der Waals surface area contributed by atoms with Gasteiger partial charge in [-0.2, -0.15) is 10.2 Å². The maximum atomic E-state index is 12.5. The van der Waals surface area contributed by atoms with E-state index in [1.54, 1.807) is 12.4 Å². The van der Waals surface area contributed by atoms with Crippen molar-refractivity contribution in [3.05, 3.63) is 71.8 Å². The van der Waals surface area contributed by atoms with Crippen molar-refractivity contribution in [1.29, 1.82) is 0 Å². The van der Waals surface area contributed by atoms with Crippen LogP contribution in [0.15, 0.2) is 55.0 Å². The minimum absolute atomic E-state index is 0.0892. The van der Waals surface area contributed by atoms with E-state index in [1.807, 2.05) is 65.8 Å². The number of nitrogens with one attached hydrogen (secondary N) is 1. The zero-order chi connectivity index (χ0) is 16.9. The molecule has 1 N–H and O–H groups in total. The Bertz CT molecular complexity index is 806. The van der Waals surface area contributed by atoms with Gasteiger partial charge in [-0.05, 0) is 43.7 Å². The van der Waals surface area contributed by atoms with Crippen LogP contribution >= 0.6 is 0 Å². The molecule has 6 nitrogen and oxygen atoms in total. The molecule has 0 spiro atoms. The Balaban J connectivity index is 1.70. The van der Waals surface area contributed by atoms with Crippen molar-refractivity contribution < 1.29 is 4.79 Å². The molecule has 1 aromatic carbocycles. The maximum Gasteiger partial charge on any atom is 0.251 e. The number of benzene rings is 1. The van der Waals surface area contributed by atoms with Gasteiger partial charge in [0, 0.05) is 30.7 Å². The predicted molar refractivity (Wildman–Crippen MR) is 91.6 cm³/mol. The summed E-state index contributed by atoms with van der Waals surface area (Å²) in [5.41, 5.74) is 2.69. The molecule has 0 aliphatic carbocycles. The van der Waals surface area contributed by atoms with Crippen molar-refractivity contribution in [2.75, 3.05) is 0 Å². The quantitative estimate of drug-likeness (QED) is 0.758. The number of amides is 1. The Hall–Kier alpha value is -2.89. The van der Waals surface area contributed by atoms with Gasteiger partial charge in [-0.1, -0.05) is 12.1 Å². The van der Waals surface area contributed by atoms with Gasteiger partial charge >= 0.3 is 0 Å². The molecule has 0 fully saturated rings. The summed E-state index contributed by atoms with van der Waals surface area (Å²) in [6, 6.07) is 11.3. The SMILES string of the molecule is CCn1nccc1C(C)NC(=O)c1cccc(Cn2cccn2)c1. The molecule has 1 amide bonds. The van der Waals surface area contributed by atoms with Crippen molar-refractivity contribution in [3.63, 3.8) is 0 Å². The molecule has 0 saturated heterocycles. The first-order valence-electron chi connectivity index (χ1n) is 8.06. The van der Waals surface area contributed by atoms with Gasteiger partial charge in [0.2, 0.25) is 0 Å². The summed E-state index contributed by atoms with van der Waals surface area (Å²) in [5.74, 6) is -0.0892.